The molecule has 1 aromatic carbocycles. The summed E-state index contributed by atoms with van der Waals surface area (Å²) in [6, 6.07) is 6.02. The van der Waals surface area contributed by atoms with Crippen LogP contribution in [-0.2, 0) is 19.5 Å². The molecule has 6 atom stereocenters. The fourth-order valence-corrected chi connectivity index (χ4v) is 9.75. The zero-order valence-corrected chi connectivity index (χ0v) is 22.5. The van der Waals surface area contributed by atoms with Gasteiger partial charge in [-0.05, 0) is 75.6 Å². The van der Waals surface area contributed by atoms with Gasteiger partial charge in [-0.25, -0.2) is 13.2 Å². The lowest BCUT2D eigenvalue weighted by atomic mass is 9.52. The van der Waals surface area contributed by atoms with Crippen molar-refractivity contribution in [2.24, 2.45) is 5.92 Å². The first-order valence-corrected chi connectivity index (χ1v) is 15.3. The summed E-state index contributed by atoms with van der Waals surface area (Å²) in [6.07, 6.45) is 4.57. The third-order valence-electron chi connectivity index (χ3n) is 9.94. The molecule has 37 heavy (non-hydrogen) atoms. The minimum Gasteiger partial charge on any atom is -0.441 e. The molecule has 11 heteroatoms. The topological polar surface area (TPSA) is 99.6 Å². The molecule has 3 saturated carbocycles. The minimum atomic E-state index is -3.88. The molecule has 1 spiro atoms. The van der Waals surface area contributed by atoms with Crippen molar-refractivity contribution in [1.29, 1.82) is 0 Å². The Bertz CT molecular complexity index is 1200. The van der Waals surface area contributed by atoms with Crippen LogP contribution < -0.4 is 0 Å². The second kappa shape index (κ2) is 8.29. The van der Waals surface area contributed by atoms with Gasteiger partial charge in [0.2, 0.25) is 10.0 Å². The molecular weight excluding hydrogens is 518 g/mol. The van der Waals surface area contributed by atoms with Gasteiger partial charge in [-0.15, -0.1) is 0 Å². The van der Waals surface area contributed by atoms with Crippen molar-refractivity contribution in [1.82, 2.24) is 14.1 Å². The molecule has 0 aromatic heterocycles. The van der Waals surface area contributed by atoms with Crippen molar-refractivity contribution in [2.45, 2.75) is 91.8 Å². The van der Waals surface area contributed by atoms with E-state index in [1.54, 1.807) is 28.6 Å². The molecule has 0 radical (unpaired) electrons. The number of rotatable bonds is 7. The van der Waals surface area contributed by atoms with E-state index in [2.05, 4.69) is 4.90 Å². The fraction of sp³-hybridized carbons (Fsp3) is 0.731. The second-order valence-electron chi connectivity index (χ2n) is 11.7. The van der Waals surface area contributed by atoms with Gasteiger partial charge in [-0.2, -0.15) is 4.31 Å². The highest BCUT2D eigenvalue weighted by atomic mass is 35.5. The Hall–Kier alpha value is -1.43. The highest BCUT2D eigenvalue weighted by molar-refractivity contribution is 7.89. The molecule has 7 rings (SSSR count). The molecule has 1 aromatic rings. The van der Waals surface area contributed by atoms with E-state index in [0.717, 1.165) is 25.7 Å². The van der Waals surface area contributed by atoms with Crippen molar-refractivity contribution in [3.05, 3.63) is 29.3 Å². The molecule has 9 nitrogen and oxygen atoms in total. The Morgan fingerprint density at radius 2 is 1.86 bits per heavy atom. The maximum absolute atomic E-state index is 14.1. The van der Waals surface area contributed by atoms with Crippen LogP contribution in [0.5, 0.6) is 0 Å². The Labute approximate surface area is 222 Å². The number of piperazine rings is 1. The summed E-state index contributed by atoms with van der Waals surface area (Å²) < 4.78 is 42.3. The van der Waals surface area contributed by atoms with Crippen LogP contribution in [0, 0.1) is 5.92 Å². The number of benzene rings is 1. The number of piperidine rings is 1. The smallest absolute Gasteiger partial charge is 0.411 e. The van der Waals surface area contributed by atoms with Crippen LogP contribution in [0.1, 0.15) is 45.4 Å². The number of hydrogen-bond donors (Lipinski definition) is 1. The third kappa shape index (κ3) is 3.42. The minimum absolute atomic E-state index is 0.122. The number of halogens is 1. The van der Waals surface area contributed by atoms with E-state index in [-0.39, 0.29) is 47.8 Å². The molecule has 0 bridgehead atoms. The van der Waals surface area contributed by atoms with Gasteiger partial charge in [-0.1, -0.05) is 11.6 Å². The number of hydrogen-bond acceptors (Lipinski definition) is 7. The Balaban J connectivity index is 1.16. The number of aliphatic hydroxyl groups is 1. The van der Waals surface area contributed by atoms with Gasteiger partial charge in [0, 0.05) is 24.2 Å². The van der Waals surface area contributed by atoms with E-state index in [0.29, 0.717) is 43.0 Å². The van der Waals surface area contributed by atoms with E-state index >= 15 is 0 Å². The molecule has 202 valence electrons. The van der Waals surface area contributed by atoms with Gasteiger partial charge in [-0.3, -0.25) is 9.80 Å². The van der Waals surface area contributed by atoms with Gasteiger partial charge in [0.25, 0.3) is 0 Å². The quantitative estimate of drug-likeness (QED) is 0.555. The summed E-state index contributed by atoms with van der Waals surface area (Å²) in [6.45, 7) is 3.50. The summed E-state index contributed by atoms with van der Waals surface area (Å²) in [4.78, 5) is 17.9. The molecular formula is C26H34ClN3O6S. The number of β-amino-alcohol motifs (C(OH)–C–C–N with tert-alkyl or cyclic N) is 1. The molecule has 1 N–H and O–H groups in total. The Morgan fingerprint density at radius 1 is 1.14 bits per heavy atom. The van der Waals surface area contributed by atoms with Crippen LogP contribution in [0.4, 0.5) is 4.79 Å². The van der Waals surface area contributed by atoms with Crippen molar-refractivity contribution in [3.63, 3.8) is 0 Å². The number of morpholine rings is 1. The fourth-order valence-electron chi connectivity index (χ4n) is 7.65. The van der Waals surface area contributed by atoms with E-state index in [9.17, 15) is 18.3 Å². The summed E-state index contributed by atoms with van der Waals surface area (Å²) in [5.74, 6) is 0.240. The molecule has 3 saturated heterocycles. The number of aliphatic hydroxyl groups excluding tert-OH is 1. The first-order valence-electron chi connectivity index (χ1n) is 13.5. The summed E-state index contributed by atoms with van der Waals surface area (Å²) >= 11 is 6.05. The molecule has 3 aliphatic carbocycles. The standard InChI is InChI=1S/C26H34ClN3O6S/c1-16-23(17-2-3-17)30(37(33,34)19-6-4-18(27)5-7-19)22(15-35-16)25(10-11-25)36-24(32)29-14-21-26(29)9-8-20(26)28(21)12-13-31/h4-7,16-17,20-23,31H,2-3,8-15H2,1H3/t16-,20?,21?,22-,23+,26?/m1/s1. The number of sulfonamides is 1. The SMILES string of the molecule is C[C@H]1OC[C@H](C2(OC(=O)N3CC4N(CCO)C5CCC543)CC2)N(S(=O)(=O)c2ccc(Cl)cc2)[C@@H]1C1CC1. The van der Waals surface area contributed by atoms with Gasteiger partial charge in [0.1, 0.15) is 5.60 Å². The van der Waals surface area contributed by atoms with Gasteiger partial charge >= 0.3 is 6.09 Å². The highest BCUT2D eigenvalue weighted by Gasteiger charge is 2.76. The van der Waals surface area contributed by atoms with E-state index in [4.69, 9.17) is 21.1 Å². The number of nitrogens with zero attached hydrogens (tertiary/aromatic N) is 3. The molecule has 6 fully saturated rings. The molecule has 6 aliphatic rings. The highest BCUT2D eigenvalue weighted by Crippen LogP contribution is 2.61. The maximum Gasteiger partial charge on any atom is 0.411 e. The van der Waals surface area contributed by atoms with E-state index in [1.165, 1.54) is 0 Å². The molecule has 3 aliphatic heterocycles. The largest absolute Gasteiger partial charge is 0.441 e. The predicted octanol–water partition coefficient (Wildman–Crippen LogP) is 2.46. The average Bonchev–Trinajstić information content (AvgIpc) is 3.74. The third-order valence-corrected chi connectivity index (χ3v) is 12.1. The Kier molecular flexibility index (Phi) is 5.51. The number of amides is 1. The van der Waals surface area contributed by atoms with Gasteiger partial charge in [0.15, 0.2) is 0 Å². The monoisotopic (exact) mass is 551 g/mol. The van der Waals surface area contributed by atoms with Crippen molar-refractivity contribution < 1.29 is 27.8 Å². The number of carbonyl (C=O) groups is 1. The average molecular weight is 552 g/mol. The van der Waals surface area contributed by atoms with Crippen LogP contribution in [0.2, 0.25) is 5.02 Å². The lowest BCUT2D eigenvalue weighted by Gasteiger charge is -2.80. The van der Waals surface area contributed by atoms with Crippen LogP contribution in [0.25, 0.3) is 0 Å². The summed E-state index contributed by atoms with van der Waals surface area (Å²) in [7, 11) is -3.88. The second-order valence-corrected chi connectivity index (χ2v) is 14.0. The normalized spacial score (nSPS) is 38.5. The van der Waals surface area contributed by atoms with Crippen LogP contribution in [-0.4, -0.2) is 101 Å². The maximum atomic E-state index is 14.1. The Morgan fingerprint density at radius 3 is 2.43 bits per heavy atom. The lowest BCUT2D eigenvalue weighted by molar-refractivity contribution is -0.281. The first-order chi connectivity index (χ1) is 17.7. The van der Waals surface area contributed by atoms with Crippen LogP contribution in [0.15, 0.2) is 29.2 Å². The lowest BCUT2D eigenvalue weighted by Crippen LogP contribution is -2.96. The van der Waals surface area contributed by atoms with Crippen molar-refractivity contribution in [2.75, 3.05) is 26.3 Å². The van der Waals surface area contributed by atoms with Gasteiger partial charge in [0.05, 0.1) is 47.9 Å². The van der Waals surface area contributed by atoms with Crippen molar-refractivity contribution in [3.8, 4) is 0 Å². The van der Waals surface area contributed by atoms with Crippen LogP contribution in [0.3, 0.4) is 0 Å². The number of likely N-dealkylation sites (tertiary alicyclic amines) is 2. The van der Waals surface area contributed by atoms with Gasteiger partial charge < -0.3 is 14.6 Å². The number of carbonyl (C=O) groups excluding carboxylic acids is 1. The molecule has 3 heterocycles. The zero-order valence-electron chi connectivity index (χ0n) is 21.0. The summed E-state index contributed by atoms with van der Waals surface area (Å²) in [5.41, 5.74) is -1.04. The van der Waals surface area contributed by atoms with Crippen molar-refractivity contribution >= 4 is 27.7 Å². The number of ether oxygens (including phenoxy) is 2. The first kappa shape index (κ1) is 24.6. The van der Waals surface area contributed by atoms with E-state index < -0.39 is 21.7 Å². The van der Waals surface area contributed by atoms with E-state index in [1.807, 2.05) is 11.8 Å². The molecule has 1 amide bonds. The predicted molar refractivity (Wildman–Crippen MR) is 135 cm³/mol. The zero-order chi connectivity index (χ0) is 25.7. The summed E-state index contributed by atoms with van der Waals surface area (Å²) in [5, 5.41) is 9.87. The van der Waals surface area contributed by atoms with Crippen LogP contribution >= 0.6 is 11.6 Å². The molecule has 3 unspecified atom stereocenters.